The maximum atomic E-state index is 14.4. The molecule has 0 atom stereocenters. The van der Waals surface area contributed by atoms with Crippen LogP contribution in [0.3, 0.4) is 0 Å². The topological polar surface area (TPSA) is 37.4 Å². The Morgan fingerprint density at radius 2 is 1.95 bits per heavy atom. The van der Waals surface area contributed by atoms with Gasteiger partial charge in [0.15, 0.2) is 0 Å². The van der Waals surface area contributed by atoms with E-state index in [1.807, 2.05) is 0 Å². The van der Waals surface area contributed by atoms with Gasteiger partial charge in [-0.05, 0) is 51.3 Å². The van der Waals surface area contributed by atoms with Crippen LogP contribution in [-0.2, 0) is 16.5 Å². The van der Waals surface area contributed by atoms with Crippen LogP contribution in [0.1, 0.15) is 43.7 Å². The summed E-state index contributed by atoms with van der Waals surface area (Å²) < 4.78 is 36.0. The summed E-state index contributed by atoms with van der Waals surface area (Å²) in [6.45, 7) is 6.29. The molecule has 0 spiro atoms. The quantitative estimate of drug-likeness (QED) is 0.868. The van der Waals surface area contributed by atoms with Crippen molar-refractivity contribution in [3.8, 4) is 0 Å². The Kier molecular flexibility index (Phi) is 5.16. The van der Waals surface area contributed by atoms with Crippen molar-refractivity contribution in [2.45, 2.75) is 44.4 Å². The highest BCUT2D eigenvalue weighted by atomic mass is 32.2. The highest BCUT2D eigenvalue weighted by Gasteiger charge is 2.24. The molecule has 1 saturated heterocycles. The Labute approximate surface area is 121 Å². The van der Waals surface area contributed by atoms with E-state index < -0.39 is 10.7 Å². The van der Waals surface area contributed by atoms with Crippen LogP contribution in [-0.4, -0.2) is 32.4 Å². The van der Waals surface area contributed by atoms with Gasteiger partial charge in [0.25, 0.3) is 0 Å². The lowest BCUT2D eigenvalue weighted by molar-refractivity contribution is 0.171. The zero-order chi connectivity index (χ0) is 14.7. The molecule has 0 amide bonds. The van der Waals surface area contributed by atoms with E-state index in [2.05, 4.69) is 18.7 Å². The van der Waals surface area contributed by atoms with E-state index in [4.69, 9.17) is 0 Å². The lowest BCUT2D eigenvalue weighted by Gasteiger charge is -2.35. The van der Waals surface area contributed by atoms with Crippen LogP contribution in [0, 0.1) is 5.82 Å². The zero-order valence-electron chi connectivity index (χ0n) is 12.0. The van der Waals surface area contributed by atoms with Crippen molar-refractivity contribution < 1.29 is 12.8 Å². The van der Waals surface area contributed by atoms with E-state index >= 15 is 0 Å². The normalized spacial score (nSPS) is 18.1. The minimum Gasteiger partial charge on any atom is -0.301 e. The van der Waals surface area contributed by atoms with Gasteiger partial charge in [-0.3, -0.25) is 0 Å². The van der Waals surface area contributed by atoms with Crippen molar-refractivity contribution in [1.82, 2.24) is 4.90 Å². The standard InChI is InChI=1S/C15H22FNO2S/c1-11(2)17-8-6-12(7-9-17)14-5-3-4-13(15(14)16)10-20(18)19/h3-5,11-12,20H,6-10H2,1-2H3. The van der Waals surface area contributed by atoms with E-state index in [9.17, 15) is 12.8 Å². The maximum Gasteiger partial charge on any atom is 0.144 e. The third-order valence-corrected chi connectivity index (χ3v) is 4.71. The van der Waals surface area contributed by atoms with Crippen molar-refractivity contribution in [3.63, 3.8) is 0 Å². The number of benzene rings is 1. The van der Waals surface area contributed by atoms with E-state index in [0.29, 0.717) is 17.2 Å². The predicted molar refractivity (Wildman–Crippen MR) is 79.1 cm³/mol. The van der Waals surface area contributed by atoms with Gasteiger partial charge in [-0.15, -0.1) is 0 Å². The van der Waals surface area contributed by atoms with Gasteiger partial charge in [-0.2, -0.15) is 0 Å². The smallest absolute Gasteiger partial charge is 0.144 e. The molecule has 112 valence electrons. The molecule has 3 nitrogen and oxygen atoms in total. The molecule has 1 aliphatic heterocycles. The summed E-state index contributed by atoms with van der Waals surface area (Å²) >= 11 is 0. The average Bonchev–Trinajstić information content (AvgIpc) is 2.41. The van der Waals surface area contributed by atoms with Crippen LogP contribution in [0.25, 0.3) is 0 Å². The second kappa shape index (κ2) is 6.68. The molecule has 0 unspecified atom stereocenters. The van der Waals surface area contributed by atoms with E-state index in [1.165, 1.54) is 0 Å². The lowest BCUT2D eigenvalue weighted by atomic mass is 9.88. The molecule has 0 saturated carbocycles. The highest BCUT2D eigenvalue weighted by molar-refractivity contribution is 7.71. The summed E-state index contributed by atoms with van der Waals surface area (Å²) in [4.78, 5) is 2.40. The second-order valence-electron chi connectivity index (χ2n) is 5.72. The van der Waals surface area contributed by atoms with E-state index in [-0.39, 0.29) is 17.5 Å². The van der Waals surface area contributed by atoms with Gasteiger partial charge in [0, 0.05) is 11.6 Å². The fourth-order valence-electron chi connectivity index (χ4n) is 2.90. The first-order chi connectivity index (χ1) is 9.49. The van der Waals surface area contributed by atoms with Crippen molar-refractivity contribution in [3.05, 3.63) is 35.1 Å². The average molecular weight is 299 g/mol. The Morgan fingerprint density at radius 3 is 2.50 bits per heavy atom. The van der Waals surface area contributed by atoms with Crippen LogP contribution in [0.5, 0.6) is 0 Å². The Bertz CT molecular complexity index is 527. The minimum absolute atomic E-state index is 0.203. The maximum absolute atomic E-state index is 14.4. The zero-order valence-corrected chi connectivity index (χ0v) is 12.9. The van der Waals surface area contributed by atoms with E-state index in [0.717, 1.165) is 25.9 Å². The number of hydrogen-bond acceptors (Lipinski definition) is 3. The van der Waals surface area contributed by atoms with Gasteiger partial charge in [0.2, 0.25) is 0 Å². The Morgan fingerprint density at radius 1 is 1.30 bits per heavy atom. The number of thiol groups is 1. The van der Waals surface area contributed by atoms with Gasteiger partial charge in [-0.1, -0.05) is 18.2 Å². The van der Waals surface area contributed by atoms with Crippen molar-refractivity contribution in [2.75, 3.05) is 13.1 Å². The fraction of sp³-hybridized carbons (Fsp3) is 0.600. The minimum atomic E-state index is -2.59. The molecule has 0 N–H and O–H groups in total. The van der Waals surface area contributed by atoms with Crippen molar-refractivity contribution in [1.29, 1.82) is 0 Å². The number of likely N-dealkylation sites (tertiary alicyclic amines) is 1. The summed E-state index contributed by atoms with van der Waals surface area (Å²) in [5, 5.41) is 0. The molecule has 0 radical (unpaired) electrons. The molecule has 1 aromatic carbocycles. The van der Waals surface area contributed by atoms with Gasteiger partial charge in [0.05, 0.1) is 5.75 Å². The van der Waals surface area contributed by atoms with Crippen LogP contribution >= 0.6 is 0 Å². The largest absolute Gasteiger partial charge is 0.301 e. The van der Waals surface area contributed by atoms with Gasteiger partial charge >= 0.3 is 0 Å². The summed E-state index contributed by atoms with van der Waals surface area (Å²) in [5.74, 6) is -0.330. The number of hydrogen-bond donors (Lipinski definition) is 1. The molecular weight excluding hydrogens is 277 g/mol. The first-order valence-corrected chi connectivity index (χ1v) is 8.48. The third kappa shape index (κ3) is 3.58. The summed E-state index contributed by atoms with van der Waals surface area (Å²) in [6, 6.07) is 5.65. The number of rotatable bonds is 4. The SMILES string of the molecule is CC(C)N1CCC(c2cccc(C[SH](=O)=O)c2F)CC1. The predicted octanol–water partition coefficient (Wildman–Crippen LogP) is 2.52. The summed E-state index contributed by atoms with van der Waals surface area (Å²) in [6.07, 6.45) is 1.87. The number of piperidine rings is 1. The molecule has 1 aliphatic rings. The molecule has 0 aromatic heterocycles. The van der Waals surface area contributed by atoms with E-state index in [1.54, 1.807) is 18.2 Å². The van der Waals surface area contributed by atoms with Crippen LogP contribution in [0.4, 0.5) is 4.39 Å². The summed E-state index contributed by atoms with van der Waals surface area (Å²) in [7, 11) is -2.59. The molecule has 1 heterocycles. The molecular formula is C15H22FNO2S. The molecule has 1 fully saturated rings. The monoisotopic (exact) mass is 299 g/mol. The van der Waals surface area contributed by atoms with Crippen LogP contribution < -0.4 is 0 Å². The van der Waals surface area contributed by atoms with Crippen molar-refractivity contribution >= 4 is 10.7 Å². The molecule has 5 heteroatoms. The lowest BCUT2D eigenvalue weighted by Crippen LogP contribution is -2.38. The second-order valence-corrected chi connectivity index (χ2v) is 6.70. The van der Waals surface area contributed by atoms with Crippen LogP contribution in [0.2, 0.25) is 0 Å². The molecule has 1 aromatic rings. The van der Waals surface area contributed by atoms with Crippen molar-refractivity contribution in [2.24, 2.45) is 0 Å². The van der Waals surface area contributed by atoms with Gasteiger partial charge in [0.1, 0.15) is 16.5 Å². The fourth-order valence-corrected chi connectivity index (χ4v) is 3.43. The Hall–Kier alpha value is -0.940. The molecule has 20 heavy (non-hydrogen) atoms. The molecule has 2 rings (SSSR count). The molecule has 0 aliphatic carbocycles. The third-order valence-electron chi connectivity index (χ3n) is 4.11. The Balaban J connectivity index is 2.14. The highest BCUT2D eigenvalue weighted by Crippen LogP contribution is 2.31. The van der Waals surface area contributed by atoms with Gasteiger partial charge < -0.3 is 4.90 Å². The number of halogens is 1. The van der Waals surface area contributed by atoms with Gasteiger partial charge in [-0.25, -0.2) is 12.8 Å². The summed E-state index contributed by atoms with van der Waals surface area (Å²) in [5.41, 5.74) is 0.979. The first kappa shape index (κ1) is 15.4. The number of nitrogens with zero attached hydrogens (tertiary/aromatic N) is 1. The molecule has 0 bridgehead atoms. The van der Waals surface area contributed by atoms with Crippen LogP contribution in [0.15, 0.2) is 18.2 Å². The first-order valence-electron chi connectivity index (χ1n) is 7.12.